The van der Waals surface area contributed by atoms with Crippen molar-refractivity contribution in [2.24, 2.45) is 7.05 Å². The van der Waals surface area contributed by atoms with Gasteiger partial charge >= 0.3 is 10.2 Å². The predicted molar refractivity (Wildman–Crippen MR) is 102 cm³/mol. The molecule has 2 N–H and O–H groups in total. The Kier molecular flexibility index (Phi) is 4.03. The van der Waals surface area contributed by atoms with Gasteiger partial charge in [0.2, 0.25) is 5.56 Å². The van der Waals surface area contributed by atoms with Crippen molar-refractivity contribution in [3.63, 3.8) is 0 Å². The van der Waals surface area contributed by atoms with Gasteiger partial charge < -0.3 is 9.55 Å². The monoisotopic (exact) mass is 412 g/mol. The lowest BCUT2D eigenvalue weighted by molar-refractivity contribution is 0.399. The van der Waals surface area contributed by atoms with Gasteiger partial charge in [0.15, 0.2) is 0 Å². The van der Waals surface area contributed by atoms with Gasteiger partial charge in [-0.3, -0.25) is 9.52 Å². The lowest BCUT2D eigenvalue weighted by Crippen LogP contribution is -2.39. The number of aromatic amines is 1. The largest absolute Gasteiger partial charge is 0.358 e. The van der Waals surface area contributed by atoms with Crippen LogP contribution >= 0.6 is 23.2 Å². The number of anilines is 1. The molecule has 0 unspecified atom stereocenters. The molecule has 0 fully saturated rings. The molecule has 10 heteroatoms. The molecule has 0 saturated heterocycles. The van der Waals surface area contributed by atoms with Gasteiger partial charge in [0.1, 0.15) is 0 Å². The third kappa shape index (κ3) is 2.79. The molecule has 3 aromatic rings. The lowest BCUT2D eigenvalue weighted by atomic mass is 10.1. The Labute approximate surface area is 159 Å². The van der Waals surface area contributed by atoms with Crippen molar-refractivity contribution in [3.05, 3.63) is 62.1 Å². The number of nitrogens with zero attached hydrogens (tertiary/aromatic N) is 2. The molecule has 0 radical (unpaired) electrons. The van der Waals surface area contributed by atoms with Crippen molar-refractivity contribution in [3.8, 4) is 0 Å². The number of H-pyrrole nitrogens is 1. The van der Waals surface area contributed by atoms with Gasteiger partial charge in [0.25, 0.3) is 0 Å². The number of aromatic nitrogens is 2. The van der Waals surface area contributed by atoms with Crippen LogP contribution in [0.3, 0.4) is 0 Å². The topological polar surface area (TPSA) is 87.2 Å². The normalized spacial score (nSPS) is 16.4. The van der Waals surface area contributed by atoms with Crippen LogP contribution in [0.5, 0.6) is 0 Å². The summed E-state index contributed by atoms with van der Waals surface area (Å²) in [6, 6.07) is 4.75. The Morgan fingerprint density at radius 3 is 2.73 bits per heavy atom. The Morgan fingerprint density at radius 2 is 2.00 bits per heavy atom. The highest BCUT2D eigenvalue weighted by Gasteiger charge is 2.31. The van der Waals surface area contributed by atoms with Gasteiger partial charge in [0.05, 0.1) is 21.2 Å². The molecule has 1 aliphatic rings. The number of hydrogen-bond donors (Lipinski definition) is 2. The second-order valence-corrected chi connectivity index (χ2v) is 8.63. The van der Waals surface area contributed by atoms with E-state index in [1.807, 2.05) is 0 Å². The number of halogens is 2. The quantitative estimate of drug-likeness (QED) is 0.678. The molecule has 1 aromatic carbocycles. The van der Waals surface area contributed by atoms with Crippen molar-refractivity contribution < 1.29 is 8.42 Å². The van der Waals surface area contributed by atoms with Crippen molar-refractivity contribution in [2.75, 3.05) is 4.72 Å². The van der Waals surface area contributed by atoms with Crippen molar-refractivity contribution >= 4 is 50.0 Å². The van der Waals surface area contributed by atoms with Gasteiger partial charge in [-0.25, -0.2) is 0 Å². The second-order valence-electron chi connectivity index (χ2n) is 6.14. The summed E-state index contributed by atoms with van der Waals surface area (Å²) in [5.74, 6) is 0. The summed E-state index contributed by atoms with van der Waals surface area (Å²) < 4.78 is 30.7. The first-order valence-corrected chi connectivity index (χ1v) is 9.87. The molecule has 3 heterocycles. The minimum atomic E-state index is -3.76. The Balaban J connectivity index is 1.77. The average Bonchev–Trinajstić information content (AvgIpc) is 2.95. The zero-order chi connectivity index (χ0) is 18.6. The SMILES string of the molecule is Cn1cc(CN2Cc3cc(Cl)c4c(Cl)c[nH]c4c3NS2(=O)=O)ccc1=O. The Morgan fingerprint density at radius 1 is 1.23 bits per heavy atom. The smallest absolute Gasteiger partial charge is 0.302 e. The standard InChI is InChI=1S/C16H14Cl2N4O3S/c1-21-6-9(2-3-13(21)23)7-22-8-10-4-11(17)14-12(18)5-19-16(14)15(10)20-26(22,24)25/h2-6,19-20H,7-8H2,1H3. The van der Waals surface area contributed by atoms with Crippen LogP contribution in [0.2, 0.25) is 10.0 Å². The molecular weight excluding hydrogens is 399 g/mol. The number of fused-ring (bicyclic) bond motifs is 3. The summed E-state index contributed by atoms with van der Waals surface area (Å²) in [6.07, 6.45) is 3.19. The minimum Gasteiger partial charge on any atom is -0.358 e. The zero-order valence-corrected chi connectivity index (χ0v) is 15.9. The summed E-state index contributed by atoms with van der Waals surface area (Å²) in [7, 11) is -2.14. The van der Waals surface area contributed by atoms with E-state index in [4.69, 9.17) is 23.2 Å². The summed E-state index contributed by atoms with van der Waals surface area (Å²) in [4.78, 5) is 14.5. The highest BCUT2D eigenvalue weighted by molar-refractivity contribution is 7.90. The van der Waals surface area contributed by atoms with E-state index in [-0.39, 0.29) is 18.6 Å². The summed E-state index contributed by atoms with van der Waals surface area (Å²) in [5.41, 5.74) is 2.30. The molecular formula is C16H14Cl2N4O3S. The van der Waals surface area contributed by atoms with E-state index in [2.05, 4.69) is 9.71 Å². The fourth-order valence-corrected chi connectivity index (χ4v) is 4.96. The Bertz CT molecular complexity index is 1200. The molecule has 2 aromatic heterocycles. The van der Waals surface area contributed by atoms with Crippen molar-refractivity contribution in [1.82, 2.24) is 13.9 Å². The maximum Gasteiger partial charge on any atom is 0.302 e. The molecule has 26 heavy (non-hydrogen) atoms. The molecule has 0 atom stereocenters. The number of aryl methyl sites for hydroxylation is 1. The van der Waals surface area contributed by atoms with Gasteiger partial charge in [-0.2, -0.15) is 12.7 Å². The van der Waals surface area contributed by atoms with Crippen LogP contribution in [-0.2, 0) is 30.3 Å². The van der Waals surface area contributed by atoms with Crippen LogP contribution in [0.25, 0.3) is 10.9 Å². The van der Waals surface area contributed by atoms with Gasteiger partial charge in [-0.05, 0) is 17.2 Å². The highest BCUT2D eigenvalue weighted by atomic mass is 35.5. The zero-order valence-electron chi connectivity index (χ0n) is 13.6. The predicted octanol–water partition coefficient (Wildman–Crippen LogP) is 2.85. The first-order chi connectivity index (χ1) is 12.3. The van der Waals surface area contributed by atoms with Crippen LogP contribution < -0.4 is 10.3 Å². The second kappa shape index (κ2) is 6.02. The van der Waals surface area contributed by atoms with E-state index in [0.29, 0.717) is 32.2 Å². The summed E-state index contributed by atoms with van der Waals surface area (Å²) >= 11 is 12.4. The van der Waals surface area contributed by atoms with Gasteiger partial charge in [-0.15, -0.1) is 0 Å². The Hall–Kier alpha value is -2.00. The number of hydrogen-bond acceptors (Lipinski definition) is 3. The van der Waals surface area contributed by atoms with E-state index < -0.39 is 10.2 Å². The number of benzene rings is 1. The average molecular weight is 413 g/mol. The van der Waals surface area contributed by atoms with Crippen LogP contribution in [0.15, 0.2) is 35.4 Å². The molecule has 1 aliphatic heterocycles. The molecule has 0 saturated carbocycles. The van der Waals surface area contributed by atoms with Gasteiger partial charge in [-0.1, -0.05) is 29.3 Å². The third-order valence-electron chi connectivity index (χ3n) is 4.37. The van der Waals surface area contributed by atoms with Crippen LogP contribution in [0.1, 0.15) is 11.1 Å². The first kappa shape index (κ1) is 17.4. The van der Waals surface area contributed by atoms with Crippen molar-refractivity contribution in [2.45, 2.75) is 13.1 Å². The fourth-order valence-electron chi connectivity index (χ4n) is 3.09. The van der Waals surface area contributed by atoms with E-state index >= 15 is 0 Å². The van der Waals surface area contributed by atoms with Crippen LogP contribution in [-0.4, -0.2) is 22.3 Å². The highest BCUT2D eigenvalue weighted by Crippen LogP contribution is 2.40. The van der Waals surface area contributed by atoms with Gasteiger partial charge in [0, 0.05) is 44.0 Å². The maximum atomic E-state index is 12.7. The molecule has 0 spiro atoms. The maximum absolute atomic E-state index is 12.7. The number of nitrogens with one attached hydrogen (secondary N) is 2. The molecule has 4 rings (SSSR count). The van der Waals surface area contributed by atoms with E-state index in [1.165, 1.54) is 14.9 Å². The molecule has 0 aliphatic carbocycles. The third-order valence-corrected chi connectivity index (χ3v) is 6.36. The fraction of sp³-hybridized carbons (Fsp3) is 0.188. The van der Waals surface area contributed by atoms with E-state index in [1.54, 1.807) is 31.6 Å². The lowest BCUT2D eigenvalue weighted by Gasteiger charge is -2.30. The summed E-state index contributed by atoms with van der Waals surface area (Å²) in [6.45, 7) is 0.282. The molecule has 0 amide bonds. The minimum absolute atomic E-state index is 0.129. The van der Waals surface area contributed by atoms with Crippen LogP contribution in [0.4, 0.5) is 5.69 Å². The van der Waals surface area contributed by atoms with E-state index in [9.17, 15) is 13.2 Å². The van der Waals surface area contributed by atoms with Crippen LogP contribution in [0, 0.1) is 0 Å². The number of rotatable bonds is 2. The number of pyridine rings is 1. The molecule has 136 valence electrons. The first-order valence-electron chi connectivity index (χ1n) is 7.67. The van der Waals surface area contributed by atoms with E-state index in [0.717, 1.165) is 5.56 Å². The summed E-state index contributed by atoms with van der Waals surface area (Å²) in [5, 5.41) is 1.47. The molecule has 7 nitrogen and oxygen atoms in total. The van der Waals surface area contributed by atoms with Crippen molar-refractivity contribution in [1.29, 1.82) is 0 Å². The molecule has 0 bridgehead atoms.